The number of benzene rings is 1. The fraction of sp³-hybridized carbons (Fsp3) is 0.500. The summed E-state index contributed by atoms with van der Waals surface area (Å²) in [6.45, 7) is 2.76. The Kier molecular flexibility index (Phi) is 3.13. The van der Waals surface area contributed by atoms with E-state index in [1.54, 1.807) is 26.2 Å². The molecule has 1 atom stereocenters. The van der Waals surface area contributed by atoms with Crippen LogP contribution in [0.15, 0.2) is 12.1 Å². The van der Waals surface area contributed by atoms with Crippen molar-refractivity contribution in [1.82, 2.24) is 0 Å². The van der Waals surface area contributed by atoms with Gasteiger partial charge in [0.25, 0.3) is 0 Å². The molecule has 2 rings (SSSR count). The van der Waals surface area contributed by atoms with Crippen LogP contribution in [0.2, 0.25) is 0 Å². The Morgan fingerprint density at radius 2 is 2.12 bits per heavy atom. The van der Waals surface area contributed by atoms with Crippen LogP contribution in [0, 0.1) is 0 Å². The molecule has 1 aromatic carbocycles. The Labute approximate surface area is 100 Å². The smallest absolute Gasteiger partial charge is 0.203 e. The summed E-state index contributed by atoms with van der Waals surface area (Å²) in [7, 11) is 1.55. The molecule has 5 heteroatoms. The highest BCUT2D eigenvalue weighted by Gasteiger charge is 2.26. The first-order chi connectivity index (χ1) is 8.08. The molecule has 1 aromatic rings. The van der Waals surface area contributed by atoms with E-state index in [1.165, 1.54) is 0 Å². The molecule has 3 N–H and O–H groups in total. The lowest BCUT2D eigenvalue weighted by atomic mass is 9.95. The van der Waals surface area contributed by atoms with Crippen LogP contribution in [0.1, 0.15) is 12.5 Å². The first-order valence-electron chi connectivity index (χ1n) is 5.49. The zero-order valence-corrected chi connectivity index (χ0v) is 10.0. The number of hydrogen-bond donors (Lipinski definition) is 2. The Morgan fingerprint density at radius 3 is 2.76 bits per heavy atom. The molecule has 0 fully saturated rings. The van der Waals surface area contributed by atoms with Gasteiger partial charge in [0.15, 0.2) is 11.5 Å². The second kappa shape index (κ2) is 4.43. The maximum Gasteiger partial charge on any atom is 0.203 e. The van der Waals surface area contributed by atoms with Crippen LogP contribution < -0.4 is 19.9 Å². The van der Waals surface area contributed by atoms with Gasteiger partial charge >= 0.3 is 0 Å². The zero-order valence-electron chi connectivity index (χ0n) is 10.0. The maximum atomic E-state index is 10.1. The number of methoxy groups -OCH3 is 1. The summed E-state index contributed by atoms with van der Waals surface area (Å²) in [5.74, 6) is 1.71. The van der Waals surface area contributed by atoms with Crippen LogP contribution in [0.3, 0.4) is 0 Å². The van der Waals surface area contributed by atoms with Crippen LogP contribution >= 0.6 is 0 Å². The fourth-order valence-electron chi connectivity index (χ4n) is 1.70. The SMILES string of the molecule is COc1cc(C(C)(O)CN)cc2c1OCCO2. The maximum absolute atomic E-state index is 10.1. The number of nitrogens with two attached hydrogens (primary N) is 1. The molecule has 1 aliphatic rings. The molecule has 0 saturated heterocycles. The van der Waals surface area contributed by atoms with Gasteiger partial charge in [0, 0.05) is 6.54 Å². The van der Waals surface area contributed by atoms with E-state index in [0.29, 0.717) is 36.0 Å². The third-order valence-corrected chi connectivity index (χ3v) is 2.85. The number of aliphatic hydroxyl groups is 1. The van der Waals surface area contributed by atoms with Gasteiger partial charge in [-0.1, -0.05) is 0 Å². The van der Waals surface area contributed by atoms with Crippen LogP contribution in [0.25, 0.3) is 0 Å². The van der Waals surface area contributed by atoms with Gasteiger partial charge in [-0.05, 0) is 24.6 Å². The summed E-state index contributed by atoms with van der Waals surface area (Å²) in [6, 6.07) is 3.46. The Balaban J connectivity index is 2.50. The van der Waals surface area contributed by atoms with Crippen molar-refractivity contribution in [3.05, 3.63) is 17.7 Å². The van der Waals surface area contributed by atoms with Crippen LogP contribution in [-0.2, 0) is 5.60 Å². The van der Waals surface area contributed by atoms with E-state index in [2.05, 4.69) is 0 Å². The molecule has 17 heavy (non-hydrogen) atoms. The standard InChI is InChI=1S/C12H17NO4/c1-12(14,7-13)8-5-9(15-2)11-10(6-8)16-3-4-17-11/h5-6,14H,3-4,7,13H2,1-2H3. The monoisotopic (exact) mass is 239 g/mol. The van der Waals surface area contributed by atoms with Crippen molar-refractivity contribution in [1.29, 1.82) is 0 Å². The summed E-state index contributed by atoms with van der Waals surface area (Å²) in [5.41, 5.74) is 5.09. The van der Waals surface area contributed by atoms with Crippen LogP contribution in [0.4, 0.5) is 0 Å². The molecular weight excluding hydrogens is 222 g/mol. The minimum Gasteiger partial charge on any atom is -0.493 e. The summed E-state index contributed by atoms with van der Waals surface area (Å²) < 4.78 is 16.2. The van der Waals surface area contributed by atoms with Gasteiger partial charge in [0.05, 0.1) is 12.7 Å². The second-order valence-corrected chi connectivity index (χ2v) is 4.18. The van der Waals surface area contributed by atoms with Gasteiger partial charge in [-0.15, -0.1) is 0 Å². The van der Waals surface area contributed by atoms with Crippen molar-refractivity contribution in [2.45, 2.75) is 12.5 Å². The van der Waals surface area contributed by atoms with E-state index < -0.39 is 5.60 Å². The van der Waals surface area contributed by atoms with E-state index in [4.69, 9.17) is 19.9 Å². The first kappa shape index (κ1) is 12.0. The highest BCUT2D eigenvalue weighted by molar-refractivity contribution is 5.55. The van der Waals surface area contributed by atoms with Gasteiger partial charge in [0.2, 0.25) is 5.75 Å². The Morgan fingerprint density at radius 1 is 1.41 bits per heavy atom. The van der Waals surface area contributed by atoms with Crippen LogP contribution in [0.5, 0.6) is 17.2 Å². The predicted octanol–water partition coefficient (Wildman–Crippen LogP) is 0.633. The minimum atomic E-state index is -1.11. The molecule has 1 aliphatic heterocycles. The molecule has 94 valence electrons. The van der Waals surface area contributed by atoms with Crippen LogP contribution in [-0.4, -0.2) is 32.0 Å². The summed E-state index contributed by atoms with van der Waals surface area (Å²) >= 11 is 0. The van der Waals surface area contributed by atoms with Gasteiger partial charge in [-0.25, -0.2) is 0 Å². The molecule has 0 aliphatic carbocycles. The van der Waals surface area contributed by atoms with E-state index >= 15 is 0 Å². The summed E-state index contributed by atoms with van der Waals surface area (Å²) in [5, 5.41) is 10.1. The van der Waals surface area contributed by atoms with Crippen molar-refractivity contribution >= 4 is 0 Å². The third-order valence-electron chi connectivity index (χ3n) is 2.85. The molecule has 0 spiro atoms. The number of rotatable bonds is 3. The van der Waals surface area contributed by atoms with Gasteiger partial charge in [0.1, 0.15) is 13.2 Å². The molecule has 0 saturated carbocycles. The van der Waals surface area contributed by atoms with Gasteiger partial charge < -0.3 is 25.1 Å². The van der Waals surface area contributed by atoms with Crippen molar-refractivity contribution in [2.24, 2.45) is 5.73 Å². The lowest BCUT2D eigenvalue weighted by molar-refractivity contribution is 0.0656. The Bertz CT molecular complexity index is 400. The normalized spacial score (nSPS) is 17.4. The molecule has 0 radical (unpaired) electrons. The number of ether oxygens (including phenoxy) is 3. The lowest BCUT2D eigenvalue weighted by Crippen LogP contribution is -2.31. The number of hydrogen-bond acceptors (Lipinski definition) is 5. The average molecular weight is 239 g/mol. The molecule has 0 bridgehead atoms. The van der Waals surface area contributed by atoms with Gasteiger partial charge in [-0.2, -0.15) is 0 Å². The van der Waals surface area contributed by atoms with Crippen molar-refractivity contribution in [3.63, 3.8) is 0 Å². The molecule has 0 aromatic heterocycles. The van der Waals surface area contributed by atoms with E-state index in [-0.39, 0.29) is 6.54 Å². The third kappa shape index (κ3) is 2.16. The van der Waals surface area contributed by atoms with Crippen molar-refractivity contribution in [2.75, 3.05) is 26.9 Å². The second-order valence-electron chi connectivity index (χ2n) is 4.18. The van der Waals surface area contributed by atoms with E-state index in [0.717, 1.165) is 0 Å². The van der Waals surface area contributed by atoms with Crippen molar-refractivity contribution in [3.8, 4) is 17.2 Å². The quantitative estimate of drug-likeness (QED) is 0.809. The minimum absolute atomic E-state index is 0.121. The molecule has 5 nitrogen and oxygen atoms in total. The highest BCUT2D eigenvalue weighted by Crippen LogP contribution is 2.42. The molecule has 1 unspecified atom stereocenters. The largest absolute Gasteiger partial charge is 0.493 e. The van der Waals surface area contributed by atoms with Gasteiger partial charge in [-0.3, -0.25) is 0 Å². The topological polar surface area (TPSA) is 73.9 Å². The molecule has 0 amide bonds. The summed E-state index contributed by atoms with van der Waals surface area (Å²) in [6.07, 6.45) is 0. The lowest BCUT2D eigenvalue weighted by Gasteiger charge is -2.26. The average Bonchev–Trinajstić information content (AvgIpc) is 2.37. The Hall–Kier alpha value is -1.46. The number of fused-ring (bicyclic) bond motifs is 1. The molecular formula is C12H17NO4. The summed E-state index contributed by atoms with van der Waals surface area (Å²) in [4.78, 5) is 0. The predicted molar refractivity (Wildman–Crippen MR) is 62.6 cm³/mol. The van der Waals surface area contributed by atoms with E-state index in [9.17, 15) is 5.11 Å². The fourth-order valence-corrected chi connectivity index (χ4v) is 1.70. The highest BCUT2D eigenvalue weighted by atomic mass is 16.6. The van der Waals surface area contributed by atoms with Crippen molar-refractivity contribution < 1.29 is 19.3 Å². The molecule has 1 heterocycles. The van der Waals surface area contributed by atoms with E-state index in [1.807, 2.05) is 0 Å². The zero-order chi connectivity index (χ0) is 12.5. The first-order valence-corrected chi connectivity index (χ1v) is 5.49.